The molecule has 0 heterocycles. The number of amides is 2. The fraction of sp³-hybridized carbons (Fsp3) is 0.176. The van der Waals surface area contributed by atoms with E-state index in [1.54, 1.807) is 6.92 Å². The number of carbonyl (C=O) groups excluding carboxylic acids is 2. The number of carbonyl (C=O) groups is 2. The SMILES string of the molecule is Cc1ccc(NC(=O)[C@H](C)NC(=O)c2ccc(Cl)c([N+](=O)[O-])c2)cc1F. The van der Waals surface area contributed by atoms with Crippen molar-refractivity contribution < 1.29 is 18.9 Å². The molecule has 0 spiro atoms. The molecule has 0 unspecified atom stereocenters. The lowest BCUT2D eigenvalue weighted by atomic mass is 10.1. The molecule has 0 bridgehead atoms. The molecule has 2 rings (SSSR count). The van der Waals surface area contributed by atoms with E-state index in [1.807, 2.05) is 0 Å². The minimum Gasteiger partial charge on any atom is -0.341 e. The van der Waals surface area contributed by atoms with Gasteiger partial charge in [-0.3, -0.25) is 19.7 Å². The van der Waals surface area contributed by atoms with E-state index >= 15 is 0 Å². The largest absolute Gasteiger partial charge is 0.341 e. The van der Waals surface area contributed by atoms with Crippen molar-refractivity contribution in [3.8, 4) is 0 Å². The molecule has 2 N–H and O–H groups in total. The van der Waals surface area contributed by atoms with E-state index in [9.17, 15) is 24.1 Å². The highest BCUT2D eigenvalue weighted by molar-refractivity contribution is 6.32. The van der Waals surface area contributed by atoms with Gasteiger partial charge in [-0.1, -0.05) is 17.7 Å². The molecule has 2 amide bonds. The Morgan fingerprint density at radius 3 is 2.54 bits per heavy atom. The summed E-state index contributed by atoms with van der Waals surface area (Å²) < 4.78 is 13.5. The fourth-order valence-corrected chi connectivity index (χ4v) is 2.25. The topological polar surface area (TPSA) is 101 Å². The molecule has 0 fully saturated rings. The van der Waals surface area contributed by atoms with Crippen molar-refractivity contribution in [2.45, 2.75) is 19.9 Å². The zero-order valence-corrected chi connectivity index (χ0v) is 14.6. The standard InChI is InChI=1S/C17H15ClFN3O4/c1-9-3-5-12(8-14(9)19)21-16(23)10(2)20-17(24)11-4-6-13(18)15(7-11)22(25)26/h3-8,10H,1-2H3,(H,20,24)(H,21,23)/t10-/m0/s1. The zero-order chi connectivity index (χ0) is 19.4. The molecule has 26 heavy (non-hydrogen) atoms. The van der Waals surface area contributed by atoms with E-state index in [0.29, 0.717) is 5.56 Å². The molecule has 7 nitrogen and oxygen atoms in total. The number of nitro benzene ring substituents is 1. The number of halogens is 2. The molecule has 9 heteroatoms. The van der Waals surface area contributed by atoms with Crippen LogP contribution in [0.3, 0.4) is 0 Å². The van der Waals surface area contributed by atoms with Crippen LogP contribution >= 0.6 is 11.6 Å². The predicted molar refractivity (Wildman–Crippen MR) is 94.8 cm³/mol. The van der Waals surface area contributed by atoms with Gasteiger partial charge in [-0.15, -0.1) is 0 Å². The predicted octanol–water partition coefficient (Wildman–Crippen LogP) is 3.45. The van der Waals surface area contributed by atoms with E-state index in [-0.39, 0.29) is 16.3 Å². The molecule has 136 valence electrons. The molecule has 0 radical (unpaired) electrons. The van der Waals surface area contributed by atoms with Gasteiger partial charge in [0.2, 0.25) is 5.91 Å². The van der Waals surface area contributed by atoms with Gasteiger partial charge in [-0.2, -0.15) is 0 Å². The third-order valence-electron chi connectivity index (χ3n) is 3.59. The molecular weight excluding hydrogens is 365 g/mol. The maximum absolute atomic E-state index is 13.5. The summed E-state index contributed by atoms with van der Waals surface area (Å²) in [6.45, 7) is 3.02. The number of hydrogen-bond acceptors (Lipinski definition) is 4. The normalized spacial score (nSPS) is 11.5. The fourth-order valence-electron chi connectivity index (χ4n) is 2.06. The van der Waals surface area contributed by atoms with Crippen LogP contribution in [0.5, 0.6) is 0 Å². The van der Waals surface area contributed by atoms with E-state index in [1.165, 1.54) is 37.3 Å². The molecule has 0 aliphatic carbocycles. The van der Waals surface area contributed by atoms with Gasteiger partial charge >= 0.3 is 0 Å². The van der Waals surface area contributed by atoms with Crippen LogP contribution in [0, 0.1) is 22.9 Å². The summed E-state index contributed by atoms with van der Waals surface area (Å²) in [6.07, 6.45) is 0. The summed E-state index contributed by atoms with van der Waals surface area (Å²) in [4.78, 5) is 34.5. The van der Waals surface area contributed by atoms with Crippen LogP contribution in [0.1, 0.15) is 22.8 Å². The Labute approximate surface area is 153 Å². The highest BCUT2D eigenvalue weighted by Gasteiger charge is 2.20. The van der Waals surface area contributed by atoms with Crippen LogP contribution < -0.4 is 10.6 Å². The third-order valence-corrected chi connectivity index (χ3v) is 3.90. The Hall–Kier alpha value is -3.00. The number of hydrogen-bond donors (Lipinski definition) is 2. The van der Waals surface area contributed by atoms with Crippen molar-refractivity contribution in [3.05, 3.63) is 68.5 Å². The highest BCUT2D eigenvalue weighted by Crippen LogP contribution is 2.25. The number of benzene rings is 2. The van der Waals surface area contributed by atoms with Gasteiger partial charge in [0.1, 0.15) is 16.9 Å². The van der Waals surface area contributed by atoms with Crippen LogP contribution in [-0.4, -0.2) is 22.8 Å². The number of nitro groups is 1. The van der Waals surface area contributed by atoms with E-state index in [4.69, 9.17) is 11.6 Å². The smallest absolute Gasteiger partial charge is 0.288 e. The molecule has 0 saturated heterocycles. The number of aryl methyl sites for hydroxylation is 1. The van der Waals surface area contributed by atoms with Gasteiger partial charge < -0.3 is 10.6 Å². The van der Waals surface area contributed by atoms with Gasteiger partial charge in [-0.05, 0) is 43.7 Å². The Kier molecular flexibility index (Phi) is 5.89. The maximum Gasteiger partial charge on any atom is 0.288 e. The summed E-state index contributed by atoms with van der Waals surface area (Å²) in [6, 6.07) is 6.83. The summed E-state index contributed by atoms with van der Waals surface area (Å²) >= 11 is 5.70. The van der Waals surface area contributed by atoms with Crippen molar-refractivity contribution in [2.24, 2.45) is 0 Å². The number of anilines is 1. The first-order valence-electron chi connectivity index (χ1n) is 7.51. The van der Waals surface area contributed by atoms with E-state index in [0.717, 1.165) is 6.07 Å². The lowest BCUT2D eigenvalue weighted by Crippen LogP contribution is -2.41. The van der Waals surface area contributed by atoms with Crippen LogP contribution in [0.25, 0.3) is 0 Å². The molecule has 1 atom stereocenters. The average Bonchev–Trinajstić information content (AvgIpc) is 2.58. The Morgan fingerprint density at radius 2 is 1.92 bits per heavy atom. The van der Waals surface area contributed by atoms with Crippen molar-refractivity contribution in [2.75, 3.05) is 5.32 Å². The molecule has 2 aromatic rings. The zero-order valence-electron chi connectivity index (χ0n) is 13.9. The van der Waals surface area contributed by atoms with Crippen LogP contribution in [-0.2, 0) is 4.79 Å². The van der Waals surface area contributed by atoms with Gasteiger partial charge in [0, 0.05) is 17.3 Å². The van der Waals surface area contributed by atoms with Crippen molar-refractivity contribution in [3.63, 3.8) is 0 Å². The number of nitrogens with one attached hydrogen (secondary N) is 2. The first-order valence-corrected chi connectivity index (χ1v) is 7.88. The molecule has 0 saturated carbocycles. The summed E-state index contributed by atoms with van der Waals surface area (Å²) in [5.41, 5.74) is 0.267. The van der Waals surface area contributed by atoms with E-state index in [2.05, 4.69) is 10.6 Å². The third kappa shape index (κ3) is 4.54. The minimum absolute atomic E-state index is 0.0119. The van der Waals surface area contributed by atoms with Gasteiger partial charge in [0.25, 0.3) is 11.6 Å². The molecule has 0 aliphatic rings. The molecule has 0 aromatic heterocycles. The van der Waals surface area contributed by atoms with Crippen molar-refractivity contribution >= 4 is 34.8 Å². The Morgan fingerprint density at radius 1 is 1.23 bits per heavy atom. The van der Waals surface area contributed by atoms with E-state index < -0.39 is 34.3 Å². The summed E-state index contributed by atoms with van der Waals surface area (Å²) in [5.74, 6) is -1.71. The first kappa shape index (κ1) is 19.3. The molecular formula is C17H15ClFN3O4. The molecule has 0 aliphatic heterocycles. The highest BCUT2D eigenvalue weighted by atomic mass is 35.5. The van der Waals surface area contributed by atoms with Gasteiger partial charge in [-0.25, -0.2) is 4.39 Å². The second-order valence-electron chi connectivity index (χ2n) is 5.57. The second kappa shape index (κ2) is 7.92. The van der Waals surface area contributed by atoms with Gasteiger partial charge in [0.05, 0.1) is 4.92 Å². The lowest BCUT2D eigenvalue weighted by Gasteiger charge is -2.14. The van der Waals surface area contributed by atoms with Crippen LogP contribution in [0.4, 0.5) is 15.8 Å². The number of rotatable bonds is 5. The molecule has 2 aromatic carbocycles. The average molecular weight is 380 g/mol. The van der Waals surface area contributed by atoms with Crippen molar-refractivity contribution in [1.29, 1.82) is 0 Å². The van der Waals surface area contributed by atoms with Gasteiger partial charge in [0.15, 0.2) is 0 Å². The second-order valence-corrected chi connectivity index (χ2v) is 5.98. The summed E-state index contributed by atoms with van der Waals surface area (Å²) in [7, 11) is 0. The minimum atomic E-state index is -0.957. The first-order chi connectivity index (χ1) is 12.2. The van der Waals surface area contributed by atoms with Crippen molar-refractivity contribution in [1.82, 2.24) is 5.32 Å². The maximum atomic E-state index is 13.5. The monoisotopic (exact) mass is 379 g/mol. The van der Waals surface area contributed by atoms with Crippen LogP contribution in [0.15, 0.2) is 36.4 Å². The lowest BCUT2D eigenvalue weighted by molar-refractivity contribution is -0.384. The Bertz CT molecular complexity index is 888. The number of nitrogens with zero attached hydrogens (tertiary/aromatic N) is 1. The summed E-state index contributed by atoms with van der Waals surface area (Å²) in [5, 5.41) is 15.7. The van der Waals surface area contributed by atoms with Crippen LogP contribution in [0.2, 0.25) is 5.02 Å². The Balaban J connectivity index is 2.06. The quantitative estimate of drug-likeness (QED) is 0.613.